The molecule has 1 aromatic carbocycles. The number of likely N-dealkylation sites (tertiary alicyclic amines) is 1. The molecule has 2 aliphatic rings. The van der Waals surface area contributed by atoms with E-state index in [9.17, 15) is 9.18 Å². The molecule has 1 aliphatic carbocycles. The fraction of sp³-hybridized carbons (Fsp3) is 0.571. The van der Waals surface area contributed by atoms with Crippen LogP contribution in [0.15, 0.2) is 28.8 Å². The van der Waals surface area contributed by atoms with Crippen molar-refractivity contribution in [3.8, 4) is 0 Å². The highest BCUT2D eigenvalue weighted by Gasteiger charge is 2.32. The van der Waals surface area contributed by atoms with Crippen LogP contribution in [-0.4, -0.2) is 34.2 Å². The number of benzene rings is 1. The molecule has 28 heavy (non-hydrogen) atoms. The normalized spacial score (nSPS) is 19.7. The number of aryl methyl sites for hydroxylation is 1. The average Bonchev–Trinajstić information content (AvgIpc) is 3.38. The number of halogens is 1. The van der Waals surface area contributed by atoms with Crippen molar-refractivity contribution in [2.45, 2.75) is 57.4 Å². The summed E-state index contributed by atoms with van der Waals surface area (Å²) < 4.78 is 19.1. The number of nitrogens with zero attached hydrogens (tertiary/aromatic N) is 3. The van der Waals surface area contributed by atoms with E-state index in [1.54, 1.807) is 12.1 Å². The van der Waals surface area contributed by atoms with Gasteiger partial charge in [0.1, 0.15) is 5.82 Å². The highest BCUT2D eigenvalue weighted by molar-refractivity contribution is 5.75. The molecule has 1 saturated carbocycles. The van der Waals surface area contributed by atoms with Crippen molar-refractivity contribution in [2.24, 2.45) is 5.92 Å². The second-order valence-electron chi connectivity index (χ2n) is 7.97. The molecular weight excluding hydrogens is 359 g/mol. The van der Waals surface area contributed by atoms with Gasteiger partial charge in [-0.05, 0) is 56.2 Å². The molecule has 2 heterocycles. The van der Waals surface area contributed by atoms with Crippen LogP contribution in [0, 0.1) is 18.7 Å². The highest BCUT2D eigenvalue weighted by Crippen LogP contribution is 2.36. The van der Waals surface area contributed by atoms with Crippen molar-refractivity contribution in [1.82, 2.24) is 20.4 Å². The summed E-state index contributed by atoms with van der Waals surface area (Å²) in [5.41, 5.74) is 0.858. The van der Waals surface area contributed by atoms with Gasteiger partial charge in [-0.15, -0.1) is 0 Å². The van der Waals surface area contributed by atoms with E-state index in [-0.39, 0.29) is 23.8 Å². The van der Waals surface area contributed by atoms with Gasteiger partial charge >= 0.3 is 6.03 Å². The lowest BCUT2D eigenvalue weighted by Crippen LogP contribution is -2.46. The molecule has 2 aromatic rings. The van der Waals surface area contributed by atoms with Crippen LogP contribution in [0.3, 0.4) is 0 Å². The molecule has 1 unspecified atom stereocenters. The Balaban J connectivity index is 1.40. The fourth-order valence-electron chi connectivity index (χ4n) is 4.50. The fourth-order valence-corrected chi connectivity index (χ4v) is 4.50. The van der Waals surface area contributed by atoms with E-state index >= 15 is 0 Å². The second-order valence-corrected chi connectivity index (χ2v) is 7.97. The number of urea groups is 1. The van der Waals surface area contributed by atoms with Gasteiger partial charge in [-0.1, -0.05) is 30.1 Å². The monoisotopic (exact) mass is 386 g/mol. The Bertz CT molecular complexity index is 810. The molecule has 1 aliphatic heterocycles. The highest BCUT2D eigenvalue weighted by atomic mass is 19.1. The molecule has 1 saturated heterocycles. The van der Waals surface area contributed by atoms with Gasteiger partial charge in [0.25, 0.3) is 0 Å². The average molecular weight is 386 g/mol. The van der Waals surface area contributed by atoms with Crippen molar-refractivity contribution < 1.29 is 13.7 Å². The first-order valence-electron chi connectivity index (χ1n) is 10.2. The van der Waals surface area contributed by atoms with Gasteiger partial charge in [0.05, 0.1) is 6.04 Å². The molecule has 0 bridgehead atoms. The number of carbonyl (C=O) groups excluding carboxylic acids is 1. The second kappa shape index (κ2) is 8.29. The Hall–Kier alpha value is -2.44. The molecule has 7 heteroatoms. The van der Waals surface area contributed by atoms with E-state index in [2.05, 4.69) is 15.5 Å². The molecule has 1 atom stereocenters. The van der Waals surface area contributed by atoms with Crippen LogP contribution in [0.25, 0.3) is 0 Å². The predicted molar refractivity (Wildman–Crippen MR) is 102 cm³/mol. The van der Waals surface area contributed by atoms with Crippen molar-refractivity contribution in [1.29, 1.82) is 0 Å². The Labute approximate surface area is 164 Å². The van der Waals surface area contributed by atoms with Gasteiger partial charge in [-0.3, -0.25) is 0 Å². The molecule has 0 radical (unpaired) electrons. The summed E-state index contributed by atoms with van der Waals surface area (Å²) in [6.07, 6.45) is 6.09. The van der Waals surface area contributed by atoms with Gasteiger partial charge in [-0.2, -0.15) is 4.98 Å². The van der Waals surface area contributed by atoms with Gasteiger partial charge in [-0.25, -0.2) is 9.18 Å². The number of carbonyl (C=O) groups is 1. The van der Waals surface area contributed by atoms with Gasteiger partial charge in [0, 0.05) is 19.0 Å². The first kappa shape index (κ1) is 18.9. The standard InChI is InChI=1S/C21H27FN4O2/c1-14-23-20(28-25-14)16-9-11-26(12-10-16)21(27)24-19(15-5-2-3-6-15)17-7-4-8-18(22)13-17/h4,7-8,13,15-16,19H,2-3,5-6,9-12H2,1H3,(H,24,27). The Kier molecular flexibility index (Phi) is 5.59. The molecule has 2 amide bonds. The van der Waals surface area contributed by atoms with Gasteiger partial charge in [0.2, 0.25) is 5.89 Å². The van der Waals surface area contributed by atoms with Crippen LogP contribution in [0.2, 0.25) is 0 Å². The zero-order valence-corrected chi connectivity index (χ0v) is 16.2. The van der Waals surface area contributed by atoms with Gasteiger partial charge in [0.15, 0.2) is 5.82 Å². The number of nitrogens with one attached hydrogen (secondary N) is 1. The van der Waals surface area contributed by atoms with Crippen molar-refractivity contribution >= 4 is 6.03 Å². The SMILES string of the molecule is Cc1noc(C2CCN(C(=O)NC(c3cccc(F)c3)C3CCCC3)CC2)n1. The summed E-state index contributed by atoms with van der Waals surface area (Å²) in [7, 11) is 0. The quantitative estimate of drug-likeness (QED) is 0.849. The first-order chi connectivity index (χ1) is 13.6. The van der Waals surface area contributed by atoms with E-state index in [0.29, 0.717) is 30.7 Å². The summed E-state index contributed by atoms with van der Waals surface area (Å²) >= 11 is 0. The third kappa shape index (κ3) is 4.18. The smallest absolute Gasteiger partial charge is 0.317 e. The maximum absolute atomic E-state index is 13.8. The lowest BCUT2D eigenvalue weighted by molar-refractivity contribution is 0.167. The molecule has 150 valence electrons. The minimum Gasteiger partial charge on any atom is -0.339 e. The molecule has 6 nitrogen and oxygen atoms in total. The summed E-state index contributed by atoms with van der Waals surface area (Å²) in [6.45, 7) is 3.11. The van der Waals surface area contributed by atoms with E-state index in [4.69, 9.17) is 4.52 Å². The number of hydrogen-bond donors (Lipinski definition) is 1. The molecule has 1 aromatic heterocycles. The Morgan fingerprint density at radius 2 is 2.00 bits per heavy atom. The first-order valence-corrected chi connectivity index (χ1v) is 10.2. The zero-order valence-electron chi connectivity index (χ0n) is 16.2. The van der Waals surface area contributed by atoms with Gasteiger partial charge < -0.3 is 14.7 Å². The largest absolute Gasteiger partial charge is 0.339 e. The summed E-state index contributed by atoms with van der Waals surface area (Å²) in [5, 5.41) is 7.06. The Morgan fingerprint density at radius 1 is 1.25 bits per heavy atom. The molecular formula is C21H27FN4O2. The summed E-state index contributed by atoms with van der Waals surface area (Å²) in [5.74, 6) is 1.62. The molecule has 4 rings (SSSR count). The van der Waals surface area contributed by atoms with Crippen LogP contribution in [0.1, 0.15) is 67.8 Å². The lowest BCUT2D eigenvalue weighted by atomic mass is 9.91. The summed E-state index contributed by atoms with van der Waals surface area (Å²) in [4.78, 5) is 19.1. The van der Waals surface area contributed by atoms with Crippen LogP contribution in [-0.2, 0) is 0 Å². The van der Waals surface area contributed by atoms with E-state index in [1.165, 1.54) is 18.9 Å². The molecule has 0 spiro atoms. The third-order valence-electron chi connectivity index (χ3n) is 6.03. The van der Waals surface area contributed by atoms with Crippen LogP contribution in [0.5, 0.6) is 0 Å². The minimum absolute atomic E-state index is 0.0682. The number of piperidine rings is 1. The van der Waals surface area contributed by atoms with Crippen LogP contribution < -0.4 is 5.32 Å². The van der Waals surface area contributed by atoms with Crippen LogP contribution >= 0.6 is 0 Å². The predicted octanol–water partition coefficient (Wildman–Crippen LogP) is 4.34. The topological polar surface area (TPSA) is 71.3 Å². The van der Waals surface area contributed by atoms with Crippen LogP contribution in [0.4, 0.5) is 9.18 Å². The number of rotatable bonds is 4. The van der Waals surface area contributed by atoms with E-state index in [0.717, 1.165) is 31.2 Å². The molecule has 2 fully saturated rings. The number of amides is 2. The maximum atomic E-state index is 13.8. The molecule has 1 N–H and O–H groups in total. The number of hydrogen-bond acceptors (Lipinski definition) is 4. The Morgan fingerprint density at radius 3 is 2.64 bits per heavy atom. The number of aromatic nitrogens is 2. The van der Waals surface area contributed by atoms with Crippen molar-refractivity contribution in [3.63, 3.8) is 0 Å². The van der Waals surface area contributed by atoms with Crippen molar-refractivity contribution in [3.05, 3.63) is 47.4 Å². The zero-order chi connectivity index (χ0) is 19.5. The van der Waals surface area contributed by atoms with E-state index in [1.807, 2.05) is 17.9 Å². The lowest BCUT2D eigenvalue weighted by Gasteiger charge is -2.33. The third-order valence-corrected chi connectivity index (χ3v) is 6.03. The minimum atomic E-state index is -0.259. The van der Waals surface area contributed by atoms with Crippen molar-refractivity contribution in [2.75, 3.05) is 13.1 Å². The summed E-state index contributed by atoms with van der Waals surface area (Å²) in [6, 6.07) is 6.42. The van der Waals surface area contributed by atoms with E-state index < -0.39 is 0 Å². The maximum Gasteiger partial charge on any atom is 0.317 e.